The number of carbonyl (C=O) groups is 2. The van der Waals surface area contributed by atoms with Gasteiger partial charge in [-0.1, -0.05) is 84.4 Å². The lowest BCUT2D eigenvalue weighted by molar-refractivity contribution is -0.122. The quantitative estimate of drug-likeness (QED) is 0.235. The zero-order chi connectivity index (χ0) is 26.0. The molecule has 1 heterocycles. The van der Waals surface area contributed by atoms with E-state index in [-0.39, 0.29) is 17.7 Å². The van der Waals surface area contributed by atoms with Crippen LogP contribution in [0.25, 0.3) is 0 Å². The molecule has 186 valence electrons. The highest BCUT2D eigenvalue weighted by atomic mass is 35.5. The molecule has 1 saturated heterocycles. The Bertz CT molecular complexity index is 1610. The fourth-order valence-electron chi connectivity index (χ4n) is 6.83. The number of para-hydroxylation sites is 3. The Labute approximate surface area is 225 Å². The Morgan fingerprint density at radius 3 is 2.11 bits per heavy atom. The van der Waals surface area contributed by atoms with Crippen molar-refractivity contribution in [3.05, 3.63) is 124 Å². The van der Waals surface area contributed by atoms with E-state index < -0.39 is 17.3 Å². The van der Waals surface area contributed by atoms with E-state index in [2.05, 4.69) is 24.3 Å². The van der Waals surface area contributed by atoms with Gasteiger partial charge in [-0.25, -0.2) is 4.90 Å². The summed E-state index contributed by atoms with van der Waals surface area (Å²) < 4.78 is 5.56. The lowest BCUT2D eigenvalue weighted by Gasteiger charge is -2.52. The van der Waals surface area contributed by atoms with Crippen LogP contribution < -0.4 is 9.64 Å². The molecule has 2 bridgehead atoms. The van der Waals surface area contributed by atoms with Crippen LogP contribution in [0.3, 0.4) is 0 Å². The van der Waals surface area contributed by atoms with E-state index in [1.807, 2.05) is 54.7 Å². The Hall–Kier alpha value is -4.22. The van der Waals surface area contributed by atoms with Crippen LogP contribution >= 0.6 is 11.6 Å². The molecule has 4 aromatic rings. The van der Waals surface area contributed by atoms with E-state index in [1.165, 1.54) is 4.90 Å². The lowest BCUT2D eigenvalue weighted by atomic mass is 9.47. The smallest absolute Gasteiger partial charge is 0.239 e. The third-order valence-corrected chi connectivity index (χ3v) is 8.59. The Balaban J connectivity index is 1.52. The Morgan fingerprint density at radius 1 is 0.816 bits per heavy atom. The third-order valence-electron chi connectivity index (χ3n) is 8.27. The van der Waals surface area contributed by atoms with Gasteiger partial charge in [-0.15, -0.1) is 0 Å². The minimum atomic E-state index is -0.948. The first-order valence-corrected chi connectivity index (χ1v) is 12.9. The van der Waals surface area contributed by atoms with Crippen LogP contribution in [0.15, 0.2) is 102 Å². The summed E-state index contributed by atoms with van der Waals surface area (Å²) in [5.74, 6) is -1.33. The maximum absolute atomic E-state index is 14.4. The summed E-state index contributed by atoms with van der Waals surface area (Å²) in [7, 11) is 1.61. The number of anilines is 1. The summed E-state index contributed by atoms with van der Waals surface area (Å²) >= 11 is 6.52. The summed E-state index contributed by atoms with van der Waals surface area (Å²) in [6.45, 7) is 0. The van der Waals surface area contributed by atoms with Gasteiger partial charge in [0.2, 0.25) is 11.8 Å². The molecule has 1 fully saturated rings. The number of halogens is 1. The first kappa shape index (κ1) is 22.9. The molecule has 8 rings (SSSR count). The standard InChI is InChI=1S/C32H23ClN2O3/c1-38-26-17-9-7-15-24(26)34-18-32-21-12-4-2-10-19(21)27(20-11-3-5-13-22(20)32)28-29(32)31(37)35(30(28)36)25-16-8-6-14-23(25)33/h2-18,27-29H,1H3. The second-order valence-corrected chi connectivity index (χ2v) is 10.3. The van der Waals surface area contributed by atoms with Crippen molar-refractivity contribution in [2.45, 2.75) is 11.3 Å². The van der Waals surface area contributed by atoms with Gasteiger partial charge in [-0.3, -0.25) is 14.6 Å². The van der Waals surface area contributed by atoms with Crippen molar-refractivity contribution in [2.24, 2.45) is 16.8 Å². The highest BCUT2D eigenvalue weighted by molar-refractivity contribution is 6.36. The van der Waals surface area contributed by atoms with Crippen molar-refractivity contribution >= 4 is 41.0 Å². The highest BCUT2D eigenvalue weighted by Gasteiger charge is 2.68. The van der Waals surface area contributed by atoms with Gasteiger partial charge in [0.15, 0.2) is 0 Å². The predicted octanol–water partition coefficient (Wildman–Crippen LogP) is 6.30. The molecule has 0 saturated carbocycles. The first-order chi connectivity index (χ1) is 18.6. The van der Waals surface area contributed by atoms with Gasteiger partial charge in [-0.2, -0.15) is 0 Å². The van der Waals surface area contributed by atoms with Crippen LogP contribution in [0.2, 0.25) is 5.02 Å². The van der Waals surface area contributed by atoms with Gasteiger partial charge in [0.05, 0.1) is 35.1 Å². The average molecular weight is 519 g/mol. The van der Waals surface area contributed by atoms with E-state index in [4.69, 9.17) is 21.3 Å². The van der Waals surface area contributed by atoms with Crippen LogP contribution in [0.5, 0.6) is 5.75 Å². The Morgan fingerprint density at radius 2 is 1.42 bits per heavy atom. The molecule has 1 aliphatic heterocycles. The molecule has 0 spiro atoms. The second kappa shape index (κ2) is 8.40. The Kier molecular flexibility index (Phi) is 5.07. The molecule has 6 heteroatoms. The largest absolute Gasteiger partial charge is 0.494 e. The van der Waals surface area contributed by atoms with E-state index in [1.54, 1.807) is 31.4 Å². The van der Waals surface area contributed by atoms with E-state index >= 15 is 0 Å². The summed E-state index contributed by atoms with van der Waals surface area (Å²) in [6.07, 6.45) is 1.87. The molecule has 0 N–H and O–H groups in total. The number of hydrogen-bond donors (Lipinski definition) is 0. The molecule has 2 unspecified atom stereocenters. The van der Waals surface area contributed by atoms with Crippen LogP contribution in [-0.4, -0.2) is 25.1 Å². The number of amides is 2. The summed E-state index contributed by atoms with van der Waals surface area (Å²) in [6, 6.07) is 30.8. The van der Waals surface area contributed by atoms with Crippen LogP contribution in [0, 0.1) is 11.8 Å². The van der Waals surface area contributed by atoms with Crippen LogP contribution in [0.4, 0.5) is 11.4 Å². The SMILES string of the molecule is COc1ccccc1N=CC12c3ccccc3C(c3ccccc31)C1C(=O)N(c3ccccc3Cl)C(=O)C12. The monoisotopic (exact) mass is 518 g/mol. The minimum absolute atomic E-state index is 0.225. The van der Waals surface area contributed by atoms with Gasteiger partial charge >= 0.3 is 0 Å². The maximum Gasteiger partial charge on any atom is 0.239 e. The second-order valence-electron chi connectivity index (χ2n) is 9.92. The molecular formula is C32H23ClN2O3. The molecular weight excluding hydrogens is 496 g/mol. The summed E-state index contributed by atoms with van der Waals surface area (Å²) in [5, 5.41) is 0.368. The molecule has 5 nitrogen and oxygen atoms in total. The van der Waals surface area contributed by atoms with Crippen LogP contribution in [0.1, 0.15) is 28.2 Å². The number of hydrogen-bond acceptors (Lipinski definition) is 4. The fourth-order valence-corrected chi connectivity index (χ4v) is 7.05. The van der Waals surface area contributed by atoms with E-state index in [0.717, 1.165) is 22.3 Å². The third kappa shape index (κ3) is 2.91. The topological polar surface area (TPSA) is 59.0 Å². The summed E-state index contributed by atoms with van der Waals surface area (Å²) in [5.41, 5.74) is 4.25. The zero-order valence-corrected chi connectivity index (χ0v) is 21.3. The van der Waals surface area contributed by atoms with E-state index in [0.29, 0.717) is 22.1 Å². The number of rotatable bonds is 4. The molecule has 3 aliphatic carbocycles. The molecule has 0 radical (unpaired) electrons. The lowest BCUT2D eigenvalue weighted by Crippen LogP contribution is -2.54. The molecule has 38 heavy (non-hydrogen) atoms. The molecule has 0 aromatic heterocycles. The fraction of sp³-hybridized carbons (Fsp3) is 0.156. The number of methoxy groups -OCH3 is 1. The average Bonchev–Trinajstić information content (AvgIpc) is 3.23. The molecule has 4 aliphatic rings. The van der Waals surface area contributed by atoms with E-state index in [9.17, 15) is 9.59 Å². The van der Waals surface area contributed by atoms with Crippen molar-refractivity contribution in [2.75, 3.05) is 12.0 Å². The van der Waals surface area contributed by atoms with Crippen molar-refractivity contribution in [3.63, 3.8) is 0 Å². The number of benzene rings is 4. The number of ether oxygens (including phenoxy) is 1. The predicted molar refractivity (Wildman–Crippen MR) is 148 cm³/mol. The normalized spacial score (nSPS) is 24.9. The van der Waals surface area contributed by atoms with Crippen molar-refractivity contribution < 1.29 is 14.3 Å². The van der Waals surface area contributed by atoms with Crippen molar-refractivity contribution in [1.82, 2.24) is 0 Å². The maximum atomic E-state index is 14.4. The van der Waals surface area contributed by atoms with Gasteiger partial charge in [0, 0.05) is 12.1 Å². The molecule has 2 amide bonds. The minimum Gasteiger partial charge on any atom is -0.494 e. The van der Waals surface area contributed by atoms with Crippen molar-refractivity contribution in [3.8, 4) is 5.75 Å². The number of carbonyl (C=O) groups excluding carboxylic acids is 2. The highest BCUT2D eigenvalue weighted by Crippen LogP contribution is 2.64. The number of nitrogens with zero attached hydrogens (tertiary/aromatic N) is 2. The van der Waals surface area contributed by atoms with Gasteiger partial charge in [0.1, 0.15) is 11.4 Å². The van der Waals surface area contributed by atoms with Crippen LogP contribution in [-0.2, 0) is 15.0 Å². The summed E-state index contributed by atoms with van der Waals surface area (Å²) in [4.78, 5) is 34.9. The van der Waals surface area contributed by atoms with Gasteiger partial charge in [0.25, 0.3) is 0 Å². The molecule has 2 atom stereocenters. The number of aliphatic imine (C=N–C) groups is 1. The zero-order valence-electron chi connectivity index (χ0n) is 20.5. The molecule has 4 aromatic carbocycles. The first-order valence-electron chi connectivity index (χ1n) is 12.6. The van der Waals surface area contributed by atoms with Gasteiger partial charge < -0.3 is 4.74 Å². The number of imide groups is 1. The van der Waals surface area contributed by atoms with Gasteiger partial charge in [-0.05, 0) is 46.5 Å². The van der Waals surface area contributed by atoms with Crippen molar-refractivity contribution in [1.29, 1.82) is 0 Å².